The second-order valence-electron chi connectivity index (χ2n) is 2.80. The van der Waals surface area contributed by atoms with E-state index in [-0.39, 0.29) is 10.4 Å². The number of benzene rings is 1. The van der Waals surface area contributed by atoms with Gasteiger partial charge in [0.1, 0.15) is 0 Å². The SMILES string of the molecule is FC(F)(F)c1ccc2cocc2c1Cl. The molecule has 0 aliphatic heterocycles. The van der Waals surface area contributed by atoms with Crippen molar-refractivity contribution in [2.45, 2.75) is 6.18 Å². The molecule has 0 N–H and O–H groups in total. The van der Waals surface area contributed by atoms with Gasteiger partial charge in [0.05, 0.1) is 23.1 Å². The van der Waals surface area contributed by atoms with Crippen molar-refractivity contribution in [1.82, 2.24) is 0 Å². The van der Waals surface area contributed by atoms with Crippen LogP contribution in [0.5, 0.6) is 0 Å². The molecule has 0 atom stereocenters. The van der Waals surface area contributed by atoms with Gasteiger partial charge < -0.3 is 4.42 Å². The quantitative estimate of drug-likeness (QED) is 0.651. The number of halogens is 4. The highest BCUT2D eigenvalue weighted by Crippen LogP contribution is 2.38. The molecule has 2 rings (SSSR count). The van der Waals surface area contributed by atoms with Crippen LogP contribution in [0.4, 0.5) is 13.2 Å². The molecule has 0 fully saturated rings. The minimum Gasteiger partial charge on any atom is -0.471 e. The van der Waals surface area contributed by atoms with Crippen LogP contribution in [0.15, 0.2) is 29.1 Å². The molecule has 2 aromatic rings. The molecule has 0 unspecified atom stereocenters. The summed E-state index contributed by atoms with van der Waals surface area (Å²) in [7, 11) is 0. The summed E-state index contributed by atoms with van der Waals surface area (Å²) in [6.07, 6.45) is -1.88. The van der Waals surface area contributed by atoms with E-state index in [2.05, 4.69) is 0 Å². The minimum atomic E-state index is -4.43. The van der Waals surface area contributed by atoms with E-state index in [1.165, 1.54) is 18.6 Å². The topological polar surface area (TPSA) is 13.1 Å². The van der Waals surface area contributed by atoms with Gasteiger partial charge in [0.15, 0.2) is 0 Å². The second-order valence-corrected chi connectivity index (χ2v) is 3.18. The molecular formula is C9H4ClF3O. The van der Waals surface area contributed by atoms with Crippen molar-refractivity contribution in [3.8, 4) is 0 Å². The van der Waals surface area contributed by atoms with Crippen molar-refractivity contribution in [3.63, 3.8) is 0 Å². The van der Waals surface area contributed by atoms with Gasteiger partial charge in [-0.25, -0.2) is 0 Å². The molecule has 1 heterocycles. The normalized spacial score (nSPS) is 12.3. The predicted molar refractivity (Wildman–Crippen MR) is 46.2 cm³/mol. The van der Waals surface area contributed by atoms with Gasteiger partial charge in [-0.3, -0.25) is 0 Å². The van der Waals surface area contributed by atoms with Gasteiger partial charge in [-0.2, -0.15) is 13.2 Å². The average molecular weight is 221 g/mol. The number of furan rings is 1. The standard InChI is InChI=1S/C9H4ClF3O/c10-8-6-4-14-3-5(6)1-2-7(8)9(11,12)13/h1-4H. The van der Waals surface area contributed by atoms with E-state index >= 15 is 0 Å². The van der Waals surface area contributed by atoms with E-state index in [4.69, 9.17) is 16.0 Å². The van der Waals surface area contributed by atoms with Crippen molar-refractivity contribution >= 4 is 22.4 Å². The molecule has 0 spiro atoms. The fourth-order valence-electron chi connectivity index (χ4n) is 1.22. The highest BCUT2D eigenvalue weighted by Gasteiger charge is 2.33. The lowest BCUT2D eigenvalue weighted by Gasteiger charge is -2.08. The molecule has 1 nitrogen and oxygen atoms in total. The summed E-state index contributed by atoms with van der Waals surface area (Å²) in [5.74, 6) is 0. The summed E-state index contributed by atoms with van der Waals surface area (Å²) in [5.41, 5.74) is -0.840. The lowest BCUT2D eigenvalue weighted by molar-refractivity contribution is -0.137. The Hall–Kier alpha value is -1.16. The van der Waals surface area contributed by atoms with Crippen LogP contribution in [0.1, 0.15) is 5.56 Å². The molecule has 0 saturated carbocycles. The molecule has 0 saturated heterocycles. The van der Waals surface area contributed by atoms with Crippen LogP contribution >= 0.6 is 11.6 Å². The Balaban J connectivity index is 2.74. The number of fused-ring (bicyclic) bond motifs is 1. The number of alkyl halides is 3. The van der Waals surface area contributed by atoms with Gasteiger partial charge in [-0.05, 0) is 6.07 Å². The van der Waals surface area contributed by atoms with Crippen LogP contribution < -0.4 is 0 Å². The fourth-order valence-corrected chi connectivity index (χ4v) is 1.55. The van der Waals surface area contributed by atoms with E-state index in [1.54, 1.807) is 0 Å². The van der Waals surface area contributed by atoms with Crippen molar-refractivity contribution in [2.24, 2.45) is 0 Å². The van der Waals surface area contributed by atoms with E-state index < -0.39 is 11.7 Å². The van der Waals surface area contributed by atoms with Crippen molar-refractivity contribution in [2.75, 3.05) is 0 Å². The van der Waals surface area contributed by atoms with E-state index in [9.17, 15) is 13.2 Å². The molecule has 74 valence electrons. The molecule has 5 heteroatoms. The van der Waals surface area contributed by atoms with Crippen LogP contribution in [0.25, 0.3) is 10.8 Å². The molecule has 0 amide bonds. The minimum absolute atomic E-state index is 0.279. The number of hydrogen-bond donors (Lipinski definition) is 0. The lowest BCUT2D eigenvalue weighted by atomic mass is 10.1. The fraction of sp³-hybridized carbons (Fsp3) is 0.111. The van der Waals surface area contributed by atoms with Gasteiger partial charge in [0.2, 0.25) is 0 Å². The zero-order valence-corrected chi connectivity index (χ0v) is 7.49. The number of rotatable bonds is 0. The van der Waals surface area contributed by atoms with Crippen molar-refractivity contribution in [3.05, 3.63) is 35.2 Å². The third kappa shape index (κ3) is 1.35. The maximum Gasteiger partial charge on any atom is 0.417 e. The molecule has 0 bridgehead atoms. The number of hydrogen-bond acceptors (Lipinski definition) is 1. The zero-order chi connectivity index (χ0) is 10.3. The van der Waals surface area contributed by atoms with Crippen LogP contribution in [0.2, 0.25) is 5.02 Å². The average Bonchev–Trinajstić information content (AvgIpc) is 2.50. The van der Waals surface area contributed by atoms with E-state index in [1.807, 2.05) is 0 Å². The van der Waals surface area contributed by atoms with Crippen LogP contribution in [0, 0.1) is 0 Å². The van der Waals surface area contributed by atoms with Crippen molar-refractivity contribution < 1.29 is 17.6 Å². The zero-order valence-electron chi connectivity index (χ0n) is 6.73. The largest absolute Gasteiger partial charge is 0.471 e. The van der Waals surface area contributed by atoms with E-state index in [0.717, 1.165) is 6.07 Å². The Morgan fingerprint density at radius 3 is 2.50 bits per heavy atom. The van der Waals surface area contributed by atoms with E-state index in [0.29, 0.717) is 5.39 Å². The van der Waals surface area contributed by atoms with Gasteiger partial charge in [-0.1, -0.05) is 17.7 Å². The smallest absolute Gasteiger partial charge is 0.417 e. The summed E-state index contributed by atoms with van der Waals surface area (Å²) in [5, 5.41) is 0.522. The van der Waals surface area contributed by atoms with Gasteiger partial charge >= 0.3 is 6.18 Å². The highest BCUT2D eigenvalue weighted by molar-refractivity contribution is 6.36. The summed E-state index contributed by atoms with van der Waals surface area (Å²) in [6.45, 7) is 0. The summed E-state index contributed by atoms with van der Waals surface area (Å²) in [6, 6.07) is 2.27. The third-order valence-electron chi connectivity index (χ3n) is 1.90. The Labute approximate surface area is 82.1 Å². The molecule has 0 aliphatic carbocycles. The first-order chi connectivity index (χ1) is 6.50. The molecule has 0 radical (unpaired) electrons. The lowest BCUT2D eigenvalue weighted by Crippen LogP contribution is -2.05. The van der Waals surface area contributed by atoms with Crippen LogP contribution in [-0.2, 0) is 6.18 Å². The third-order valence-corrected chi connectivity index (χ3v) is 2.31. The Kier molecular flexibility index (Phi) is 1.96. The maximum absolute atomic E-state index is 12.4. The maximum atomic E-state index is 12.4. The van der Waals surface area contributed by atoms with Gasteiger partial charge in [0.25, 0.3) is 0 Å². The molecule has 14 heavy (non-hydrogen) atoms. The molecule has 1 aromatic heterocycles. The summed E-state index contributed by atoms with van der Waals surface area (Å²) < 4.78 is 41.9. The predicted octanol–water partition coefficient (Wildman–Crippen LogP) is 4.11. The monoisotopic (exact) mass is 220 g/mol. The first kappa shape index (κ1) is 9.40. The van der Waals surface area contributed by atoms with Gasteiger partial charge in [0, 0.05) is 10.8 Å². The Morgan fingerprint density at radius 1 is 1.14 bits per heavy atom. The first-order valence-corrected chi connectivity index (χ1v) is 4.09. The van der Waals surface area contributed by atoms with Crippen molar-refractivity contribution in [1.29, 1.82) is 0 Å². The Morgan fingerprint density at radius 2 is 1.86 bits per heavy atom. The Bertz CT molecular complexity index is 472. The first-order valence-electron chi connectivity index (χ1n) is 3.72. The molecule has 0 aliphatic rings. The summed E-state index contributed by atoms with van der Waals surface area (Å²) in [4.78, 5) is 0. The highest BCUT2D eigenvalue weighted by atomic mass is 35.5. The van der Waals surface area contributed by atoms with Crippen LogP contribution in [0.3, 0.4) is 0 Å². The van der Waals surface area contributed by atoms with Gasteiger partial charge in [-0.15, -0.1) is 0 Å². The molecular weight excluding hydrogens is 217 g/mol. The second kappa shape index (κ2) is 2.92. The molecule has 1 aromatic carbocycles. The summed E-state index contributed by atoms with van der Waals surface area (Å²) >= 11 is 5.59. The van der Waals surface area contributed by atoms with Crippen LogP contribution in [-0.4, -0.2) is 0 Å².